The second-order valence-electron chi connectivity index (χ2n) is 7.38. The van der Waals surface area contributed by atoms with Gasteiger partial charge in [-0.15, -0.1) is 0 Å². The molecule has 0 aliphatic carbocycles. The van der Waals surface area contributed by atoms with Crippen LogP contribution in [0.5, 0.6) is 0 Å². The van der Waals surface area contributed by atoms with E-state index in [0.717, 1.165) is 38.5 Å². The topological polar surface area (TPSA) is 66.9 Å². The molecule has 150 valence electrons. The van der Waals surface area contributed by atoms with Gasteiger partial charge < -0.3 is 9.64 Å². The Morgan fingerprint density at radius 3 is 2.67 bits per heavy atom. The predicted molar refractivity (Wildman–Crippen MR) is 104 cm³/mol. The fourth-order valence-electron chi connectivity index (χ4n) is 3.77. The van der Waals surface area contributed by atoms with Gasteiger partial charge in [-0.05, 0) is 50.3 Å². The number of hydrogen-bond donors (Lipinski definition) is 0. The number of nitrogens with zero attached hydrogens (tertiary/aromatic N) is 2. The Bertz CT molecular complexity index is 744. The molecule has 0 bridgehead atoms. The van der Waals surface area contributed by atoms with Crippen molar-refractivity contribution >= 4 is 15.9 Å². The monoisotopic (exact) mass is 394 g/mol. The van der Waals surface area contributed by atoms with Crippen molar-refractivity contribution < 1.29 is 17.9 Å². The Balaban J connectivity index is 1.73. The van der Waals surface area contributed by atoms with E-state index in [1.165, 1.54) is 10.4 Å². The molecule has 0 radical (unpaired) electrons. The summed E-state index contributed by atoms with van der Waals surface area (Å²) in [6, 6.07) is 6.49. The molecule has 2 saturated heterocycles. The molecule has 27 heavy (non-hydrogen) atoms. The maximum atomic E-state index is 12.9. The normalized spacial score (nSPS) is 22.0. The lowest BCUT2D eigenvalue weighted by molar-refractivity contribution is 0.00210. The van der Waals surface area contributed by atoms with Gasteiger partial charge in [-0.2, -0.15) is 4.31 Å². The van der Waals surface area contributed by atoms with Gasteiger partial charge in [-0.3, -0.25) is 4.79 Å². The van der Waals surface area contributed by atoms with Crippen LogP contribution in [0.15, 0.2) is 29.2 Å². The third-order valence-electron chi connectivity index (χ3n) is 5.26. The average Bonchev–Trinajstić information content (AvgIpc) is 2.72. The van der Waals surface area contributed by atoms with Crippen LogP contribution in [-0.4, -0.2) is 62.4 Å². The number of hydrogen-bond acceptors (Lipinski definition) is 4. The molecule has 2 aliphatic rings. The van der Waals surface area contributed by atoms with Gasteiger partial charge in [0.1, 0.15) is 0 Å². The second-order valence-corrected chi connectivity index (χ2v) is 9.32. The van der Waals surface area contributed by atoms with E-state index in [1.807, 2.05) is 0 Å². The van der Waals surface area contributed by atoms with E-state index in [2.05, 4.69) is 6.92 Å². The highest BCUT2D eigenvalue weighted by Crippen LogP contribution is 2.23. The fourth-order valence-corrected chi connectivity index (χ4v) is 5.33. The van der Waals surface area contributed by atoms with Gasteiger partial charge in [0.2, 0.25) is 10.0 Å². The first-order valence-electron chi connectivity index (χ1n) is 10.0. The van der Waals surface area contributed by atoms with Crippen LogP contribution in [0.25, 0.3) is 0 Å². The second kappa shape index (κ2) is 9.17. The molecule has 7 heteroatoms. The van der Waals surface area contributed by atoms with Crippen molar-refractivity contribution in [2.24, 2.45) is 0 Å². The molecule has 1 unspecified atom stereocenters. The van der Waals surface area contributed by atoms with Gasteiger partial charge in [0.05, 0.1) is 11.0 Å². The van der Waals surface area contributed by atoms with Gasteiger partial charge >= 0.3 is 0 Å². The quantitative estimate of drug-likeness (QED) is 0.744. The van der Waals surface area contributed by atoms with Crippen molar-refractivity contribution in [1.29, 1.82) is 0 Å². The fraction of sp³-hybridized carbons (Fsp3) is 0.650. The van der Waals surface area contributed by atoms with E-state index in [4.69, 9.17) is 4.74 Å². The van der Waals surface area contributed by atoms with E-state index in [1.54, 1.807) is 23.1 Å². The van der Waals surface area contributed by atoms with E-state index < -0.39 is 10.0 Å². The zero-order valence-corrected chi connectivity index (χ0v) is 16.9. The molecule has 0 aromatic heterocycles. The molecule has 1 atom stereocenters. The highest BCUT2D eigenvalue weighted by molar-refractivity contribution is 7.89. The van der Waals surface area contributed by atoms with Gasteiger partial charge in [0.15, 0.2) is 0 Å². The maximum absolute atomic E-state index is 12.9. The lowest BCUT2D eigenvalue weighted by Crippen LogP contribution is -2.43. The van der Waals surface area contributed by atoms with E-state index in [0.29, 0.717) is 38.3 Å². The number of sulfonamides is 1. The third-order valence-corrected chi connectivity index (χ3v) is 7.15. The molecule has 2 aliphatic heterocycles. The summed E-state index contributed by atoms with van der Waals surface area (Å²) >= 11 is 0. The summed E-state index contributed by atoms with van der Waals surface area (Å²) in [6.45, 7) is 5.15. The predicted octanol–water partition coefficient (Wildman–Crippen LogP) is 2.89. The van der Waals surface area contributed by atoms with Crippen molar-refractivity contribution in [3.63, 3.8) is 0 Å². The summed E-state index contributed by atoms with van der Waals surface area (Å²) < 4.78 is 33.1. The van der Waals surface area contributed by atoms with Crippen LogP contribution < -0.4 is 0 Å². The molecule has 2 fully saturated rings. The van der Waals surface area contributed by atoms with Crippen molar-refractivity contribution in [2.75, 3.05) is 32.8 Å². The van der Waals surface area contributed by atoms with Crippen LogP contribution in [0, 0.1) is 0 Å². The van der Waals surface area contributed by atoms with Gasteiger partial charge in [0.25, 0.3) is 5.91 Å². The smallest absolute Gasteiger partial charge is 0.253 e. The number of ether oxygens (including phenoxy) is 1. The molecule has 0 saturated carbocycles. The first-order chi connectivity index (χ1) is 13.0. The summed E-state index contributed by atoms with van der Waals surface area (Å²) in [5.74, 6) is -0.115. The first-order valence-corrected chi connectivity index (χ1v) is 11.5. The van der Waals surface area contributed by atoms with E-state index in [9.17, 15) is 13.2 Å². The zero-order chi connectivity index (χ0) is 19.3. The molecule has 0 spiro atoms. The highest BCUT2D eigenvalue weighted by Gasteiger charge is 2.28. The van der Waals surface area contributed by atoms with Gasteiger partial charge in [-0.1, -0.05) is 19.4 Å². The Kier molecular flexibility index (Phi) is 6.89. The molecule has 1 aromatic rings. The first kappa shape index (κ1) is 20.3. The summed E-state index contributed by atoms with van der Waals surface area (Å²) in [4.78, 5) is 14.9. The Hall–Kier alpha value is -1.44. The minimum atomic E-state index is -3.53. The van der Waals surface area contributed by atoms with Crippen molar-refractivity contribution in [3.8, 4) is 0 Å². The summed E-state index contributed by atoms with van der Waals surface area (Å²) in [7, 11) is -3.53. The van der Waals surface area contributed by atoms with Crippen LogP contribution in [-0.2, 0) is 14.8 Å². The van der Waals surface area contributed by atoms with Gasteiger partial charge in [0, 0.05) is 38.3 Å². The van der Waals surface area contributed by atoms with Crippen LogP contribution in [0.1, 0.15) is 55.8 Å². The number of carbonyl (C=O) groups is 1. The number of amides is 1. The minimum absolute atomic E-state index is 0.0721. The summed E-state index contributed by atoms with van der Waals surface area (Å²) in [5.41, 5.74) is 0.434. The number of likely N-dealkylation sites (tertiary alicyclic amines) is 1. The largest absolute Gasteiger partial charge is 0.376 e. The molecule has 1 amide bonds. The van der Waals surface area contributed by atoms with Crippen molar-refractivity contribution in [3.05, 3.63) is 29.8 Å². The molecular weight excluding hydrogens is 364 g/mol. The van der Waals surface area contributed by atoms with E-state index >= 15 is 0 Å². The number of piperidine rings is 2. The molecule has 0 N–H and O–H groups in total. The Labute approximate surface area is 162 Å². The summed E-state index contributed by atoms with van der Waals surface area (Å²) in [5, 5.41) is 0. The van der Waals surface area contributed by atoms with Crippen LogP contribution >= 0.6 is 0 Å². The summed E-state index contributed by atoms with van der Waals surface area (Å²) in [6.07, 6.45) is 5.76. The number of benzene rings is 1. The van der Waals surface area contributed by atoms with Crippen molar-refractivity contribution in [2.45, 2.75) is 56.4 Å². The Morgan fingerprint density at radius 2 is 1.93 bits per heavy atom. The molecular formula is C20H30N2O4S. The molecule has 3 rings (SSSR count). The minimum Gasteiger partial charge on any atom is -0.376 e. The molecule has 2 heterocycles. The highest BCUT2D eigenvalue weighted by atomic mass is 32.2. The molecule has 6 nitrogen and oxygen atoms in total. The molecule has 1 aromatic carbocycles. The lowest BCUT2D eigenvalue weighted by atomic mass is 10.1. The standard InChI is InChI=1S/C20H30N2O4S/c1-2-14-26-18-9-7-11-21(16-18)20(23)17-8-6-10-19(15-17)27(24,25)22-12-4-3-5-13-22/h6,8,10,15,18H,2-5,7,9,11-14,16H2,1H3. The van der Waals surface area contributed by atoms with Crippen LogP contribution in [0.2, 0.25) is 0 Å². The van der Waals surface area contributed by atoms with E-state index in [-0.39, 0.29) is 16.9 Å². The van der Waals surface area contributed by atoms with Crippen LogP contribution in [0.3, 0.4) is 0 Å². The zero-order valence-electron chi connectivity index (χ0n) is 16.1. The third kappa shape index (κ3) is 4.89. The van der Waals surface area contributed by atoms with Gasteiger partial charge in [-0.25, -0.2) is 8.42 Å². The lowest BCUT2D eigenvalue weighted by Gasteiger charge is -2.33. The Morgan fingerprint density at radius 1 is 1.15 bits per heavy atom. The maximum Gasteiger partial charge on any atom is 0.253 e. The SMILES string of the molecule is CCCOC1CCCN(C(=O)c2cccc(S(=O)(=O)N3CCCCC3)c2)C1. The van der Waals surface area contributed by atoms with Crippen molar-refractivity contribution in [1.82, 2.24) is 9.21 Å². The number of carbonyl (C=O) groups excluding carboxylic acids is 1. The van der Waals surface area contributed by atoms with Crippen LogP contribution in [0.4, 0.5) is 0 Å². The number of rotatable bonds is 6. The average molecular weight is 395 g/mol.